The van der Waals surface area contributed by atoms with Crippen molar-refractivity contribution in [1.82, 2.24) is 4.98 Å². The third-order valence-electron chi connectivity index (χ3n) is 3.83. The summed E-state index contributed by atoms with van der Waals surface area (Å²) in [6.45, 7) is 4.53. The van der Waals surface area contributed by atoms with Crippen molar-refractivity contribution >= 4 is 17.5 Å². The van der Waals surface area contributed by atoms with Crippen molar-refractivity contribution in [2.75, 3.05) is 18.2 Å². The number of nitrogens with one attached hydrogen (secondary N) is 1. The molecule has 5 nitrogen and oxygen atoms in total. The number of nitrogens with zero attached hydrogens (tertiary/aromatic N) is 1. The minimum Gasteiger partial charge on any atom is -0.465 e. The van der Waals surface area contributed by atoms with Gasteiger partial charge < -0.3 is 15.8 Å². The van der Waals surface area contributed by atoms with Gasteiger partial charge in [-0.15, -0.1) is 0 Å². The summed E-state index contributed by atoms with van der Waals surface area (Å²) in [5, 5.41) is 3.39. The predicted molar refractivity (Wildman–Crippen MR) is 79.6 cm³/mol. The average Bonchev–Trinajstić information content (AvgIpc) is 2.38. The summed E-state index contributed by atoms with van der Waals surface area (Å²) in [6.07, 6.45) is 5.01. The van der Waals surface area contributed by atoms with Crippen LogP contribution in [0.4, 0.5) is 11.5 Å². The fourth-order valence-corrected chi connectivity index (χ4v) is 3.12. The molecule has 0 amide bonds. The van der Waals surface area contributed by atoms with Crippen molar-refractivity contribution in [2.45, 2.75) is 39.2 Å². The Balaban J connectivity index is 2.18. The Morgan fingerprint density at radius 2 is 2.00 bits per heavy atom. The van der Waals surface area contributed by atoms with Crippen LogP contribution in [-0.4, -0.2) is 24.1 Å². The van der Waals surface area contributed by atoms with Crippen LogP contribution in [-0.2, 0) is 4.74 Å². The fraction of sp³-hybridized carbons (Fsp3) is 0.600. The molecule has 1 saturated carbocycles. The first kappa shape index (κ1) is 14.6. The molecular formula is C15H23N3O2. The molecule has 1 aromatic rings. The molecule has 2 atom stereocenters. The van der Waals surface area contributed by atoms with E-state index >= 15 is 0 Å². The smallest absolute Gasteiger partial charge is 0.341 e. The normalized spacial score (nSPS) is 26.1. The molecule has 1 fully saturated rings. The van der Waals surface area contributed by atoms with E-state index in [9.17, 15) is 4.79 Å². The lowest BCUT2D eigenvalue weighted by atomic mass is 9.80. The molecule has 1 heterocycles. The number of ether oxygens (including phenoxy) is 1. The van der Waals surface area contributed by atoms with Gasteiger partial charge in [0.15, 0.2) is 0 Å². The summed E-state index contributed by atoms with van der Waals surface area (Å²) in [7, 11) is 1.36. The molecule has 5 heteroatoms. The molecule has 110 valence electrons. The lowest BCUT2D eigenvalue weighted by Gasteiger charge is -2.32. The van der Waals surface area contributed by atoms with Gasteiger partial charge in [-0.25, -0.2) is 9.78 Å². The van der Waals surface area contributed by atoms with Gasteiger partial charge in [0.2, 0.25) is 0 Å². The summed E-state index contributed by atoms with van der Waals surface area (Å²) in [5.41, 5.74) is 6.56. The standard InChI is InChI=1S/C15H23N3O2/c1-9-4-10(2)6-12(5-9)18-14-13(15(19)20-3)7-11(16)8-17-14/h7-10,12H,4-6,16H2,1-3H3,(H,17,18). The van der Waals surface area contributed by atoms with E-state index in [2.05, 4.69) is 24.1 Å². The van der Waals surface area contributed by atoms with Crippen LogP contribution in [0.2, 0.25) is 0 Å². The number of nitrogens with two attached hydrogens (primary N) is 1. The molecule has 0 spiro atoms. The SMILES string of the molecule is COC(=O)c1cc(N)cnc1NC1CC(C)CC(C)C1. The van der Waals surface area contributed by atoms with E-state index in [4.69, 9.17) is 10.5 Å². The first-order valence-electron chi connectivity index (χ1n) is 7.10. The Hall–Kier alpha value is -1.78. The van der Waals surface area contributed by atoms with Gasteiger partial charge in [-0.3, -0.25) is 0 Å². The molecule has 0 radical (unpaired) electrons. The van der Waals surface area contributed by atoms with Crippen molar-refractivity contribution < 1.29 is 9.53 Å². The van der Waals surface area contributed by atoms with Crippen LogP contribution in [0.1, 0.15) is 43.5 Å². The Morgan fingerprint density at radius 3 is 2.60 bits per heavy atom. The minimum absolute atomic E-state index is 0.341. The van der Waals surface area contributed by atoms with Gasteiger partial charge >= 0.3 is 5.97 Å². The van der Waals surface area contributed by atoms with Crippen molar-refractivity contribution in [2.24, 2.45) is 11.8 Å². The second kappa shape index (κ2) is 6.11. The fourth-order valence-electron chi connectivity index (χ4n) is 3.12. The van der Waals surface area contributed by atoms with Crippen molar-refractivity contribution in [3.63, 3.8) is 0 Å². The lowest BCUT2D eigenvalue weighted by molar-refractivity contribution is 0.0601. The molecular weight excluding hydrogens is 254 g/mol. The van der Waals surface area contributed by atoms with Crippen LogP contribution >= 0.6 is 0 Å². The molecule has 0 saturated heterocycles. The number of pyridine rings is 1. The Morgan fingerprint density at radius 1 is 1.35 bits per heavy atom. The molecule has 1 aliphatic rings. The second-order valence-corrected chi connectivity index (χ2v) is 5.92. The van der Waals surface area contributed by atoms with E-state index in [-0.39, 0.29) is 0 Å². The van der Waals surface area contributed by atoms with Crippen LogP contribution in [0, 0.1) is 11.8 Å². The maximum absolute atomic E-state index is 11.8. The number of hydrogen-bond donors (Lipinski definition) is 2. The van der Waals surface area contributed by atoms with E-state index in [1.54, 1.807) is 12.3 Å². The number of esters is 1. The van der Waals surface area contributed by atoms with Crippen LogP contribution < -0.4 is 11.1 Å². The maximum Gasteiger partial charge on any atom is 0.341 e. The number of rotatable bonds is 3. The zero-order valence-electron chi connectivity index (χ0n) is 12.3. The molecule has 1 aliphatic carbocycles. The van der Waals surface area contributed by atoms with Crippen molar-refractivity contribution in [3.05, 3.63) is 17.8 Å². The summed E-state index contributed by atoms with van der Waals surface area (Å²) in [4.78, 5) is 16.1. The van der Waals surface area contributed by atoms with E-state index in [0.717, 1.165) is 12.8 Å². The summed E-state index contributed by atoms with van der Waals surface area (Å²) >= 11 is 0. The molecule has 1 aromatic heterocycles. The number of carbonyl (C=O) groups is 1. The highest BCUT2D eigenvalue weighted by Crippen LogP contribution is 2.31. The molecule has 3 N–H and O–H groups in total. The third-order valence-corrected chi connectivity index (χ3v) is 3.83. The highest BCUT2D eigenvalue weighted by molar-refractivity contribution is 5.95. The topological polar surface area (TPSA) is 77.2 Å². The molecule has 0 aromatic carbocycles. The number of methoxy groups -OCH3 is 1. The number of anilines is 2. The Bertz CT molecular complexity index is 480. The first-order chi connectivity index (χ1) is 9.49. The van der Waals surface area contributed by atoms with Crippen LogP contribution in [0.3, 0.4) is 0 Å². The first-order valence-corrected chi connectivity index (χ1v) is 7.10. The zero-order chi connectivity index (χ0) is 14.7. The van der Waals surface area contributed by atoms with Gasteiger partial charge in [0.05, 0.1) is 19.0 Å². The van der Waals surface area contributed by atoms with E-state index in [1.165, 1.54) is 13.5 Å². The van der Waals surface area contributed by atoms with Crippen molar-refractivity contribution in [3.8, 4) is 0 Å². The summed E-state index contributed by atoms with van der Waals surface area (Å²) in [5.74, 6) is 1.53. The Labute approximate surface area is 119 Å². The highest BCUT2D eigenvalue weighted by atomic mass is 16.5. The van der Waals surface area contributed by atoms with Crippen LogP contribution in [0.15, 0.2) is 12.3 Å². The molecule has 0 bridgehead atoms. The van der Waals surface area contributed by atoms with Gasteiger partial charge in [0.25, 0.3) is 0 Å². The number of hydrogen-bond acceptors (Lipinski definition) is 5. The molecule has 2 unspecified atom stereocenters. The molecule has 0 aliphatic heterocycles. The maximum atomic E-state index is 11.8. The highest BCUT2D eigenvalue weighted by Gasteiger charge is 2.25. The lowest BCUT2D eigenvalue weighted by Crippen LogP contribution is -2.31. The average molecular weight is 277 g/mol. The zero-order valence-corrected chi connectivity index (χ0v) is 12.3. The number of carbonyl (C=O) groups excluding carboxylic acids is 1. The van der Waals surface area contributed by atoms with Gasteiger partial charge in [-0.2, -0.15) is 0 Å². The van der Waals surface area contributed by atoms with Crippen molar-refractivity contribution in [1.29, 1.82) is 0 Å². The predicted octanol–water partition coefficient (Wildman–Crippen LogP) is 2.69. The quantitative estimate of drug-likeness (QED) is 0.831. The third kappa shape index (κ3) is 3.40. The number of aromatic nitrogens is 1. The largest absolute Gasteiger partial charge is 0.465 e. The van der Waals surface area contributed by atoms with Crippen LogP contribution in [0.5, 0.6) is 0 Å². The van der Waals surface area contributed by atoms with E-state index in [1.807, 2.05) is 0 Å². The monoisotopic (exact) mass is 277 g/mol. The van der Waals surface area contributed by atoms with E-state index < -0.39 is 5.97 Å². The van der Waals surface area contributed by atoms with Gasteiger partial charge in [-0.1, -0.05) is 13.8 Å². The van der Waals surface area contributed by atoms with Crippen LogP contribution in [0.25, 0.3) is 0 Å². The van der Waals surface area contributed by atoms with Gasteiger partial charge in [0, 0.05) is 6.04 Å². The molecule has 20 heavy (non-hydrogen) atoms. The summed E-state index contributed by atoms with van der Waals surface area (Å²) < 4.78 is 4.79. The minimum atomic E-state index is -0.413. The summed E-state index contributed by atoms with van der Waals surface area (Å²) in [6, 6.07) is 1.95. The van der Waals surface area contributed by atoms with E-state index in [0.29, 0.717) is 34.9 Å². The number of nitrogen functional groups attached to an aromatic ring is 1. The molecule has 2 rings (SSSR count). The Kier molecular flexibility index (Phi) is 4.47. The van der Waals surface area contributed by atoms with Gasteiger partial charge in [-0.05, 0) is 37.2 Å². The second-order valence-electron chi connectivity index (χ2n) is 5.92. The van der Waals surface area contributed by atoms with Gasteiger partial charge in [0.1, 0.15) is 11.4 Å².